The van der Waals surface area contributed by atoms with Gasteiger partial charge in [0.15, 0.2) is 0 Å². The first-order valence-corrected chi connectivity index (χ1v) is 9.77. The van der Waals surface area contributed by atoms with Crippen LogP contribution in [0.15, 0.2) is 48.5 Å². The average molecular weight is 403 g/mol. The SMILES string of the molecule is CCCC(=O)N(Cc1ccc(OC)cc1)C(C)C(=O)NCc1ccc(Cl)cc1. The van der Waals surface area contributed by atoms with Gasteiger partial charge in [0.2, 0.25) is 11.8 Å². The third kappa shape index (κ3) is 6.27. The fraction of sp³-hybridized carbons (Fsp3) is 0.364. The van der Waals surface area contributed by atoms with Gasteiger partial charge in [-0.3, -0.25) is 9.59 Å². The number of carbonyl (C=O) groups is 2. The first kappa shape index (κ1) is 21.8. The van der Waals surface area contributed by atoms with E-state index in [2.05, 4.69) is 5.32 Å². The molecule has 0 spiro atoms. The summed E-state index contributed by atoms with van der Waals surface area (Å²) in [5, 5.41) is 3.56. The zero-order valence-corrected chi connectivity index (χ0v) is 17.3. The van der Waals surface area contributed by atoms with Gasteiger partial charge in [-0.25, -0.2) is 0 Å². The fourth-order valence-electron chi connectivity index (χ4n) is 2.81. The van der Waals surface area contributed by atoms with Crippen molar-refractivity contribution in [3.63, 3.8) is 0 Å². The Balaban J connectivity index is 2.06. The lowest BCUT2D eigenvalue weighted by Crippen LogP contribution is -2.47. The van der Waals surface area contributed by atoms with Crippen molar-refractivity contribution in [3.8, 4) is 5.75 Å². The number of rotatable bonds is 9. The fourth-order valence-corrected chi connectivity index (χ4v) is 2.93. The molecule has 0 aliphatic carbocycles. The first-order chi connectivity index (χ1) is 13.4. The van der Waals surface area contributed by atoms with Crippen molar-refractivity contribution in [3.05, 3.63) is 64.7 Å². The van der Waals surface area contributed by atoms with E-state index < -0.39 is 6.04 Å². The summed E-state index contributed by atoms with van der Waals surface area (Å²) in [5.74, 6) is 0.532. The van der Waals surface area contributed by atoms with Crippen LogP contribution in [0.5, 0.6) is 5.75 Å². The number of hydrogen-bond acceptors (Lipinski definition) is 3. The molecule has 0 fully saturated rings. The molecular formula is C22H27ClN2O3. The van der Waals surface area contributed by atoms with Gasteiger partial charge in [-0.1, -0.05) is 42.8 Å². The molecule has 0 aromatic heterocycles. The lowest BCUT2D eigenvalue weighted by atomic mass is 10.1. The Morgan fingerprint density at radius 3 is 2.25 bits per heavy atom. The number of methoxy groups -OCH3 is 1. The van der Waals surface area contributed by atoms with Crippen LogP contribution >= 0.6 is 11.6 Å². The number of nitrogens with one attached hydrogen (secondary N) is 1. The lowest BCUT2D eigenvalue weighted by molar-refractivity contribution is -0.140. The average Bonchev–Trinajstić information content (AvgIpc) is 2.71. The van der Waals surface area contributed by atoms with Crippen LogP contribution in [0.2, 0.25) is 5.02 Å². The largest absolute Gasteiger partial charge is 0.497 e. The van der Waals surface area contributed by atoms with Gasteiger partial charge < -0.3 is 15.0 Å². The molecule has 2 amide bonds. The van der Waals surface area contributed by atoms with E-state index in [1.54, 1.807) is 31.1 Å². The summed E-state index contributed by atoms with van der Waals surface area (Å²) >= 11 is 5.89. The van der Waals surface area contributed by atoms with Crippen molar-refractivity contribution >= 4 is 23.4 Å². The number of benzene rings is 2. The number of nitrogens with zero attached hydrogens (tertiary/aromatic N) is 1. The van der Waals surface area contributed by atoms with Crippen molar-refractivity contribution < 1.29 is 14.3 Å². The number of halogens is 1. The van der Waals surface area contributed by atoms with Crippen molar-refractivity contribution in [2.45, 2.75) is 45.8 Å². The number of hydrogen-bond donors (Lipinski definition) is 1. The molecule has 5 nitrogen and oxygen atoms in total. The third-order valence-electron chi connectivity index (χ3n) is 4.52. The van der Waals surface area contributed by atoms with Crippen LogP contribution in [-0.2, 0) is 22.7 Å². The maximum absolute atomic E-state index is 12.7. The normalized spacial score (nSPS) is 11.6. The molecule has 0 saturated carbocycles. The quantitative estimate of drug-likeness (QED) is 0.684. The molecule has 0 bridgehead atoms. The van der Waals surface area contributed by atoms with Crippen molar-refractivity contribution in [1.29, 1.82) is 0 Å². The summed E-state index contributed by atoms with van der Waals surface area (Å²) in [5.41, 5.74) is 1.90. The molecule has 0 radical (unpaired) electrons. The predicted molar refractivity (Wildman–Crippen MR) is 111 cm³/mol. The molecule has 1 unspecified atom stereocenters. The van der Waals surface area contributed by atoms with E-state index in [1.165, 1.54) is 0 Å². The van der Waals surface area contributed by atoms with Crippen LogP contribution in [0.1, 0.15) is 37.8 Å². The Labute approximate surface area is 171 Å². The van der Waals surface area contributed by atoms with Crippen LogP contribution in [0.25, 0.3) is 0 Å². The second kappa shape index (κ2) is 10.7. The molecule has 6 heteroatoms. The molecule has 0 saturated heterocycles. The highest BCUT2D eigenvalue weighted by molar-refractivity contribution is 6.30. The van der Waals surface area contributed by atoms with Gasteiger partial charge in [-0.15, -0.1) is 0 Å². The molecule has 28 heavy (non-hydrogen) atoms. The second-order valence-electron chi connectivity index (χ2n) is 6.64. The summed E-state index contributed by atoms with van der Waals surface area (Å²) in [6.07, 6.45) is 1.14. The van der Waals surface area contributed by atoms with E-state index in [1.807, 2.05) is 43.3 Å². The highest BCUT2D eigenvalue weighted by atomic mass is 35.5. The van der Waals surface area contributed by atoms with E-state index in [4.69, 9.17) is 16.3 Å². The van der Waals surface area contributed by atoms with Gasteiger partial charge in [-0.2, -0.15) is 0 Å². The number of ether oxygens (including phenoxy) is 1. The molecule has 0 aliphatic heterocycles. The van der Waals surface area contributed by atoms with E-state index in [9.17, 15) is 9.59 Å². The molecule has 2 rings (SSSR count). The standard InChI is InChI=1S/C22H27ClN2O3/c1-4-5-21(26)25(15-18-8-12-20(28-3)13-9-18)16(2)22(27)24-14-17-6-10-19(23)11-7-17/h6-13,16H,4-5,14-15H2,1-3H3,(H,24,27). The molecule has 0 heterocycles. The molecule has 150 valence electrons. The van der Waals surface area contributed by atoms with Gasteiger partial charge >= 0.3 is 0 Å². The minimum absolute atomic E-state index is 0.0348. The van der Waals surface area contributed by atoms with Crippen molar-refractivity contribution in [1.82, 2.24) is 10.2 Å². The Morgan fingerprint density at radius 1 is 1.07 bits per heavy atom. The summed E-state index contributed by atoms with van der Waals surface area (Å²) in [4.78, 5) is 26.9. The van der Waals surface area contributed by atoms with Crippen LogP contribution in [0.4, 0.5) is 0 Å². The summed E-state index contributed by atoms with van der Waals surface area (Å²) in [7, 11) is 1.61. The molecule has 2 aromatic rings. The van der Waals surface area contributed by atoms with Crippen LogP contribution in [0.3, 0.4) is 0 Å². The van der Waals surface area contributed by atoms with Gasteiger partial charge in [-0.05, 0) is 48.7 Å². The van der Waals surface area contributed by atoms with Gasteiger partial charge in [0.25, 0.3) is 0 Å². The summed E-state index contributed by atoms with van der Waals surface area (Å²) in [6, 6.07) is 14.2. The van der Waals surface area contributed by atoms with Crippen molar-refractivity contribution in [2.24, 2.45) is 0 Å². The maximum Gasteiger partial charge on any atom is 0.242 e. The number of amides is 2. The third-order valence-corrected chi connectivity index (χ3v) is 4.78. The summed E-state index contributed by atoms with van der Waals surface area (Å²) < 4.78 is 5.17. The summed E-state index contributed by atoms with van der Waals surface area (Å²) in [6.45, 7) is 4.47. The molecule has 1 atom stereocenters. The van der Waals surface area contributed by atoms with Gasteiger partial charge in [0, 0.05) is 24.5 Å². The minimum atomic E-state index is -0.576. The van der Waals surface area contributed by atoms with E-state index in [0.29, 0.717) is 24.5 Å². The van der Waals surface area contributed by atoms with Crippen LogP contribution in [-0.4, -0.2) is 29.9 Å². The Morgan fingerprint density at radius 2 is 1.68 bits per heavy atom. The van der Waals surface area contributed by atoms with E-state index in [0.717, 1.165) is 23.3 Å². The Bertz CT molecular complexity index is 775. The monoisotopic (exact) mass is 402 g/mol. The van der Waals surface area contributed by atoms with Gasteiger partial charge in [0.1, 0.15) is 11.8 Å². The lowest BCUT2D eigenvalue weighted by Gasteiger charge is -2.29. The Hall–Kier alpha value is -2.53. The smallest absolute Gasteiger partial charge is 0.242 e. The number of carbonyl (C=O) groups excluding carboxylic acids is 2. The minimum Gasteiger partial charge on any atom is -0.497 e. The first-order valence-electron chi connectivity index (χ1n) is 9.39. The highest BCUT2D eigenvalue weighted by Crippen LogP contribution is 2.16. The topological polar surface area (TPSA) is 58.6 Å². The molecular weight excluding hydrogens is 376 g/mol. The second-order valence-corrected chi connectivity index (χ2v) is 7.08. The Kier molecular flexibility index (Phi) is 8.33. The van der Waals surface area contributed by atoms with Gasteiger partial charge in [0.05, 0.1) is 7.11 Å². The van der Waals surface area contributed by atoms with E-state index in [-0.39, 0.29) is 11.8 Å². The highest BCUT2D eigenvalue weighted by Gasteiger charge is 2.25. The van der Waals surface area contributed by atoms with E-state index >= 15 is 0 Å². The molecule has 1 N–H and O–H groups in total. The predicted octanol–water partition coefficient (Wildman–Crippen LogP) is 4.18. The zero-order valence-electron chi connectivity index (χ0n) is 16.6. The van der Waals surface area contributed by atoms with Crippen LogP contribution < -0.4 is 10.1 Å². The maximum atomic E-state index is 12.7. The zero-order chi connectivity index (χ0) is 20.5. The molecule has 0 aliphatic rings. The molecule has 2 aromatic carbocycles. The van der Waals surface area contributed by atoms with Crippen LogP contribution in [0, 0.1) is 0 Å². The van der Waals surface area contributed by atoms with Crippen molar-refractivity contribution in [2.75, 3.05) is 7.11 Å².